The van der Waals surface area contributed by atoms with Gasteiger partial charge in [0.15, 0.2) is 0 Å². The third-order valence-corrected chi connectivity index (χ3v) is 6.74. The van der Waals surface area contributed by atoms with E-state index >= 15 is 0 Å². The molecule has 0 atom stereocenters. The number of rotatable bonds is 5. The summed E-state index contributed by atoms with van der Waals surface area (Å²) in [5.74, 6) is -5.00. The van der Waals surface area contributed by atoms with Gasteiger partial charge >= 0.3 is 6.18 Å². The van der Waals surface area contributed by atoms with E-state index in [1.807, 2.05) is 0 Å². The first-order chi connectivity index (χ1) is 18.3. The van der Waals surface area contributed by atoms with Gasteiger partial charge in [-0.05, 0) is 31.5 Å². The highest BCUT2D eigenvalue weighted by atomic mass is 32.1. The molecule has 3 heterocycles. The number of hydrogen-bond donors (Lipinski definition) is 0. The monoisotopic (exact) mass is 567 g/mol. The second-order valence-electron chi connectivity index (χ2n) is 8.73. The van der Waals surface area contributed by atoms with Gasteiger partial charge in [0.2, 0.25) is 0 Å². The van der Waals surface area contributed by atoms with E-state index in [-0.39, 0.29) is 23.0 Å². The van der Waals surface area contributed by atoms with Crippen LogP contribution in [0.15, 0.2) is 41.8 Å². The van der Waals surface area contributed by atoms with Crippen molar-refractivity contribution in [2.75, 3.05) is 26.3 Å². The molecule has 3 aromatic rings. The molecule has 0 N–H and O–H groups in total. The van der Waals surface area contributed by atoms with Crippen molar-refractivity contribution in [3.8, 4) is 10.7 Å². The molecule has 1 aliphatic rings. The van der Waals surface area contributed by atoms with Gasteiger partial charge < -0.3 is 9.64 Å². The lowest BCUT2D eigenvalue weighted by molar-refractivity contribution is -0.137. The largest absolute Gasteiger partial charge is 0.416 e. The number of ether oxygens (including phenoxy) is 1. The van der Waals surface area contributed by atoms with Gasteiger partial charge in [-0.25, -0.2) is 23.7 Å². The Morgan fingerprint density at radius 1 is 1.00 bits per heavy atom. The van der Waals surface area contributed by atoms with E-state index < -0.39 is 34.7 Å². The normalized spacial score (nSPS) is 15.3. The third-order valence-electron chi connectivity index (χ3n) is 5.75. The highest BCUT2D eigenvalue weighted by Crippen LogP contribution is 2.35. The molecule has 8 nitrogen and oxygen atoms in total. The minimum atomic E-state index is -4.95. The first kappa shape index (κ1) is 28.4. The standard InChI is InChI=1S/C25H22F5N5O3S/c1-14(34-21(36)15-10-16(24(2,26)27)12-17(11-15)25(28,29)30)19-20(32-5-4-31-19)22-33-13-18(39-22)23(37)35-6-3-8-38-9-7-35/h4-5,10-13H,3,6-9H2,1-2H3. The van der Waals surface area contributed by atoms with E-state index in [0.717, 1.165) is 11.3 Å². The zero-order valence-electron chi connectivity index (χ0n) is 20.8. The molecule has 2 aromatic heterocycles. The summed E-state index contributed by atoms with van der Waals surface area (Å²) in [5.41, 5.74) is -2.76. The summed E-state index contributed by atoms with van der Waals surface area (Å²) in [6, 6.07) is 1.45. The Morgan fingerprint density at radius 2 is 1.72 bits per heavy atom. The SMILES string of the molecule is CC(=NC(=O)c1cc(C(C)(F)F)cc(C(F)(F)F)c1)c1nccnc1-c1ncc(C(=O)N2CCCOCC2)s1. The number of alkyl halides is 5. The molecular weight excluding hydrogens is 545 g/mol. The summed E-state index contributed by atoms with van der Waals surface area (Å²) in [6.45, 7) is 3.80. The van der Waals surface area contributed by atoms with Gasteiger partial charge in [-0.3, -0.25) is 14.6 Å². The molecule has 1 saturated heterocycles. The number of aliphatic imine (C=N–C) groups is 1. The Labute approximate surface area is 223 Å². The molecule has 0 saturated carbocycles. The molecule has 206 valence electrons. The Morgan fingerprint density at radius 3 is 2.44 bits per heavy atom. The van der Waals surface area contributed by atoms with Crippen LogP contribution in [0.4, 0.5) is 22.0 Å². The average Bonchev–Trinajstić information content (AvgIpc) is 3.22. The van der Waals surface area contributed by atoms with Crippen molar-refractivity contribution in [2.45, 2.75) is 32.4 Å². The highest BCUT2D eigenvalue weighted by Gasteiger charge is 2.35. The lowest BCUT2D eigenvalue weighted by Gasteiger charge is -2.18. The van der Waals surface area contributed by atoms with Crippen LogP contribution < -0.4 is 0 Å². The Bertz CT molecular complexity index is 1380. The second kappa shape index (κ2) is 11.2. The Kier molecular flexibility index (Phi) is 8.16. The molecular formula is C25H22F5N5O3S. The number of aromatic nitrogens is 3. The van der Waals surface area contributed by atoms with Crippen molar-refractivity contribution in [1.82, 2.24) is 19.9 Å². The molecule has 0 spiro atoms. The van der Waals surface area contributed by atoms with Crippen molar-refractivity contribution >= 4 is 28.9 Å². The second-order valence-corrected chi connectivity index (χ2v) is 9.76. The van der Waals surface area contributed by atoms with Gasteiger partial charge in [0.1, 0.15) is 21.3 Å². The zero-order chi connectivity index (χ0) is 28.4. The van der Waals surface area contributed by atoms with E-state index in [2.05, 4.69) is 19.9 Å². The van der Waals surface area contributed by atoms with Gasteiger partial charge in [0.05, 0.1) is 24.1 Å². The number of carbonyl (C=O) groups excluding carboxylic acids is 2. The quantitative estimate of drug-likeness (QED) is 0.309. The van der Waals surface area contributed by atoms with Gasteiger partial charge in [0, 0.05) is 50.1 Å². The van der Waals surface area contributed by atoms with Crippen LogP contribution in [-0.2, 0) is 16.8 Å². The van der Waals surface area contributed by atoms with E-state index in [9.17, 15) is 31.5 Å². The lowest BCUT2D eigenvalue weighted by Crippen LogP contribution is -2.32. The van der Waals surface area contributed by atoms with Crippen molar-refractivity contribution in [2.24, 2.45) is 4.99 Å². The summed E-state index contributed by atoms with van der Waals surface area (Å²) in [6.07, 6.45) is -0.157. The van der Waals surface area contributed by atoms with Crippen LogP contribution in [0.25, 0.3) is 10.7 Å². The maximum atomic E-state index is 13.9. The molecule has 14 heteroatoms. The van der Waals surface area contributed by atoms with Crippen LogP contribution in [-0.4, -0.2) is 63.7 Å². The Hall–Kier alpha value is -3.65. The van der Waals surface area contributed by atoms with Crippen molar-refractivity contribution < 1.29 is 36.3 Å². The van der Waals surface area contributed by atoms with Crippen LogP contribution in [0.3, 0.4) is 0 Å². The number of halogens is 5. The predicted octanol–water partition coefficient (Wildman–Crippen LogP) is 5.24. The van der Waals surface area contributed by atoms with Crippen LogP contribution in [0.5, 0.6) is 0 Å². The van der Waals surface area contributed by atoms with Crippen LogP contribution >= 0.6 is 11.3 Å². The predicted molar refractivity (Wildman–Crippen MR) is 132 cm³/mol. The van der Waals surface area contributed by atoms with E-state index in [0.29, 0.717) is 67.7 Å². The molecule has 1 aliphatic heterocycles. The Balaban J connectivity index is 1.65. The number of hydrogen-bond acceptors (Lipinski definition) is 7. The summed E-state index contributed by atoms with van der Waals surface area (Å²) in [4.78, 5) is 44.3. The van der Waals surface area contributed by atoms with E-state index in [4.69, 9.17) is 4.74 Å². The molecule has 0 bridgehead atoms. The topological polar surface area (TPSA) is 97.6 Å². The molecule has 0 aliphatic carbocycles. The van der Waals surface area contributed by atoms with Gasteiger partial charge in [-0.1, -0.05) is 0 Å². The first-order valence-electron chi connectivity index (χ1n) is 11.7. The smallest absolute Gasteiger partial charge is 0.380 e. The van der Waals surface area contributed by atoms with Crippen molar-refractivity contribution in [3.63, 3.8) is 0 Å². The van der Waals surface area contributed by atoms with Crippen LogP contribution in [0.2, 0.25) is 0 Å². The molecule has 39 heavy (non-hydrogen) atoms. The summed E-state index contributed by atoms with van der Waals surface area (Å²) in [5, 5.41) is 0.307. The summed E-state index contributed by atoms with van der Waals surface area (Å²) < 4.78 is 73.0. The molecule has 4 rings (SSSR count). The minimum Gasteiger partial charge on any atom is -0.380 e. The molecule has 0 unspecified atom stereocenters. The fourth-order valence-electron chi connectivity index (χ4n) is 3.78. The zero-order valence-corrected chi connectivity index (χ0v) is 21.6. The average molecular weight is 568 g/mol. The lowest BCUT2D eigenvalue weighted by atomic mass is 10.0. The number of amides is 2. The van der Waals surface area contributed by atoms with Crippen molar-refractivity contribution in [1.29, 1.82) is 0 Å². The summed E-state index contributed by atoms with van der Waals surface area (Å²) >= 11 is 1.06. The molecule has 2 amide bonds. The maximum absolute atomic E-state index is 13.9. The number of benzene rings is 1. The van der Waals surface area contributed by atoms with E-state index in [1.54, 1.807) is 4.90 Å². The third kappa shape index (κ3) is 6.68. The fourth-order valence-corrected chi connectivity index (χ4v) is 4.67. The summed E-state index contributed by atoms with van der Waals surface area (Å²) in [7, 11) is 0. The van der Waals surface area contributed by atoms with Crippen LogP contribution in [0.1, 0.15) is 57.1 Å². The maximum Gasteiger partial charge on any atom is 0.416 e. The highest BCUT2D eigenvalue weighted by molar-refractivity contribution is 7.16. The van der Waals surface area contributed by atoms with Crippen LogP contribution in [0, 0.1) is 0 Å². The van der Waals surface area contributed by atoms with E-state index in [1.165, 1.54) is 25.5 Å². The van der Waals surface area contributed by atoms with Gasteiger partial charge in [-0.2, -0.15) is 13.2 Å². The number of carbonyl (C=O) groups is 2. The molecule has 0 radical (unpaired) electrons. The molecule has 1 aromatic carbocycles. The van der Waals surface area contributed by atoms with Crippen molar-refractivity contribution in [3.05, 3.63) is 64.1 Å². The van der Waals surface area contributed by atoms with Gasteiger partial charge in [-0.15, -0.1) is 11.3 Å². The number of thiazole rings is 1. The fraction of sp³-hybridized carbons (Fsp3) is 0.360. The molecule has 1 fully saturated rings. The number of nitrogens with zero attached hydrogens (tertiary/aromatic N) is 5. The minimum absolute atomic E-state index is 0.0296. The first-order valence-corrected chi connectivity index (χ1v) is 12.5. The van der Waals surface area contributed by atoms with Gasteiger partial charge in [0.25, 0.3) is 17.7 Å².